The van der Waals surface area contributed by atoms with Crippen LogP contribution in [0.1, 0.15) is 5.69 Å². The molecule has 2 aromatic heterocycles. The average Bonchev–Trinajstić information content (AvgIpc) is 3.01. The normalized spacial score (nSPS) is 34.9. The van der Waals surface area contributed by atoms with E-state index >= 15 is 4.39 Å². The number of aliphatic hydroxyl groups excluding tert-OH is 2. The number of rotatable bonds is 2. The standard InChI is InChI=1S/C12H11BrFN5O3/c13-12(14)9(21)7(3-20)22-11(12,4-15)8-2-1-6-10(16)17-5-18-19(6)8/h1-2,5,7,9,20-21H,3H2,(H2,16,17,18)/t7-,9+,11+,12?/m1/s1. The first-order chi connectivity index (χ1) is 10.4. The molecule has 3 heterocycles. The first-order valence-corrected chi connectivity index (χ1v) is 7.03. The minimum absolute atomic E-state index is 0.0217. The van der Waals surface area contributed by atoms with Crippen LogP contribution >= 0.6 is 15.9 Å². The zero-order chi connectivity index (χ0) is 16.1. The number of nitrogen functional groups attached to an aromatic ring is 1. The van der Waals surface area contributed by atoms with E-state index in [-0.39, 0.29) is 11.5 Å². The first kappa shape index (κ1) is 15.1. The lowest BCUT2D eigenvalue weighted by atomic mass is 9.93. The van der Waals surface area contributed by atoms with Crippen molar-refractivity contribution in [2.75, 3.05) is 12.3 Å². The number of aromatic nitrogens is 3. The molecular formula is C12H11BrFN5O3. The lowest BCUT2D eigenvalue weighted by Gasteiger charge is -2.29. The Hall–Kier alpha value is -1.80. The van der Waals surface area contributed by atoms with Gasteiger partial charge in [0.1, 0.15) is 30.1 Å². The van der Waals surface area contributed by atoms with Crippen LogP contribution in [0.2, 0.25) is 0 Å². The maximum atomic E-state index is 15.1. The van der Waals surface area contributed by atoms with Crippen LogP contribution in [-0.4, -0.2) is 48.2 Å². The van der Waals surface area contributed by atoms with Crippen LogP contribution < -0.4 is 5.73 Å². The Bertz CT molecular complexity index is 776. The molecule has 10 heteroatoms. The largest absolute Gasteiger partial charge is 0.394 e. The number of alkyl halides is 2. The Labute approximate surface area is 132 Å². The van der Waals surface area contributed by atoms with Gasteiger partial charge in [-0.25, -0.2) is 13.9 Å². The molecule has 0 aliphatic carbocycles. The molecule has 0 spiro atoms. The average molecular weight is 372 g/mol. The highest BCUT2D eigenvalue weighted by Crippen LogP contribution is 2.53. The number of nitriles is 1. The number of aliphatic hydroxyl groups is 2. The number of hydrogen-bond donors (Lipinski definition) is 3. The number of hydrogen-bond acceptors (Lipinski definition) is 7. The Balaban J connectivity index is 2.27. The van der Waals surface area contributed by atoms with Crippen LogP contribution in [-0.2, 0) is 10.3 Å². The maximum Gasteiger partial charge on any atom is 0.244 e. The molecule has 1 aliphatic rings. The van der Waals surface area contributed by atoms with E-state index in [4.69, 9.17) is 10.5 Å². The highest BCUT2D eigenvalue weighted by Gasteiger charge is 2.68. The SMILES string of the molecule is N#C[C@@]1(c2ccc3c(N)ncnn23)O[C@H](CO)[C@H](O)C1(F)Br. The molecule has 1 unspecified atom stereocenters. The van der Waals surface area contributed by atoms with Gasteiger partial charge in [-0.15, -0.1) is 0 Å². The number of nitrogens with zero attached hydrogens (tertiary/aromatic N) is 4. The van der Waals surface area contributed by atoms with Crippen molar-refractivity contribution in [2.24, 2.45) is 0 Å². The van der Waals surface area contributed by atoms with Gasteiger partial charge in [-0.3, -0.25) is 0 Å². The van der Waals surface area contributed by atoms with E-state index in [9.17, 15) is 15.5 Å². The van der Waals surface area contributed by atoms with Gasteiger partial charge in [0.25, 0.3) is 0 Å². The molecule has 4 atom stereocenters. The van der Waals surface area contributed by atoms with E-state index in [0.29, 0.717) is 5.52 Å². The van der Waals surface area contributed by atoms with E-state index in [1.807, 2.05) is 0 Å². The molecule has 116 valence electrons. The zero-order valence-corrected chi connectivity index (χ0v) is 12.6. The zero-order valence-electron chi connectivity index (χ0n) is 11.0. The molecule has 0 bridgehead atoms. The third kappa shape index (κ3) is 1.70. The molecule has 1 aliphatic heterocycles. The highest BCUT2D eigenvalue weighted by molar-refractivity contribution is 9.10. The van der Waals surface area contributed by atoms with Crippen LogP contribution in [0.3, 0.4) is 0 Å². The van der Waals surface area contributed by atoms with Crippen LogP contribution in [0.5, 0.6) is 0 Å². The fraction of sp³-hybridized carbons (Fsp3) is 0.417. The van der Waals surface area contributed by atoms with E-state index in [2.05, 4.69) is 26.0 Å². The second-order valence-electron chi connectivity index (χ2n) is 4.86. The number of ether oxygens (including phenoxy) is 1. The summed E-state index contributed by atoms with van der Waals surface area (Å²) in [5.41, 5.74) is 3.88. The third-order valence-corrected chi connectivity index (χ3v) is 4.73. The summed E-state index contributed by atoms with van der Waals surface area (Å²) in [6, 6.07) is 4.66. The summed E-state index contributed by atoms with van der Waals surface area (Å²) in [5.74, 6) is 0.144. The fourth-order valence-electron chi connectivity index (χ4n) is 2.56. The summed E-state index contributed by atoms with van der Waals surface area (Å²) < 4.78 is 19.0. The summed E-state index contributed by atoms with van der Waals surface area (Å²) in [6.45, 7) is -0.650. The van der Waals surface area contributed by atoms with E-state index in [1.165, 1.54) is 16.6 Å². The molecule has 2 aromatic rings. The summed E-state index contributed by atoms with van der Waals surface area (Å²) in [5, 5.41) is 32.7. The predicted molar refractivity (Wildman–Crippen MR) is 75.4 cm³/mol. The summed E-state index contributed by atoms with van der Waals surface area (Å²) in [6.07, 6.45) is -1.87. The number of fused-ring (bicyclic) bond motifs is 1. The molecule has 0 aromatic carbocycles. The van der Waals surface area contributed by atoms with Gasteiger partial charge in [0.15, 0.2) is 5.82 Å². The molecule has 22 heavy (non-hydrogen) atoms. The quantitative estimate of drug-likeness (QED) is 0.625. The van der Waals surface area contributed by atoms with E-state index in [0.717, 1.165) is 6.33 Å². The molecule has 3 rings (SSSR count). The van der Waals surface area contributed by atoms with Crippen molar-refractivity contribution in [3.8, 4) is 6.07 Å². The Morgan fingerprint density at radius 2 is 2.32 bits per heavy atom. The van der Waals surface area contributed by atoms with Crippen molar-refractivity contribution in [3.05, 3.63) is 24.2 Å². The van der Waals surface area contributed by atoms with Crippen LogP contribution in [0.25, 0.3) is 5.52 Å². The molecule has 1 saturated heterocycles. The Morgan fingerprint density at radius 1 is 1.59 bits per heavy atom. The maximum absolute atomic E-state index is 15.1. The first-order valence-electron chi connectivity index (χ1n) is 6.23. The monoisotopic (exact) mass is 371 g/mol. The topological polar surface area (TPSA) is 130 Å². The van der Waals surface area contributed by atoms with Crippen molar-refractivity contribution < 1.29 is 19.3 Å². The lowest BCUT2D eigenvalue weighted by molar-refractivity contribution is -0.0587. The van der Waals surface area contributed by atoms with Crippen molar-refractivity contribution in [1.82, 2.24) is 14.6 Å². The summed E-state index contributed by atoms with van der Waals surface area (Å²) in [7, 11) is 0. The van der Waals surface area contributed by atoms with Gasteiger partial charge in [-0.05, 0) is 28.1 Å². The predicted octanol–water partition coefficient (Wildman–Crippen LogP) is -0.157. The summed E-state index contributed by atoms with van der Waals surface area (Å²) in [4.78, 5) is 3.81. The smallest absolute Gasteiger partial charge is 0.244 e. The Kier molecular flexibility index (Phi) is 3.33. The summed E-state index contributed by atoms with van der Waals surface area (Å²) >= 11 is 2.74. The Morgan fingerprint density at radius 3 is 2.91 bits per heavy atom. The minimum atomic E-state index is -2.64. The lowest BCUT2D eigenvalue weighted by Crippen LogP contribution is -2.46. The molecule has 0 saturated carbocycles. The number of halogens is 2. The van der Waals surface area contributed by atoms with Crippen molar-refractivity contribution in [2.45, 2.75) is 22.4 Å². The molecule has 4 N–H and O–H groups in total. The van der Waals surface area contributed by atoms with Gasteiger partial charge in [-0.1, -0.05) is 0 Å². The van der Waals surface area contributed by atoms with Gasteiger partial charge >= 0.3 is 0 Å². The minimum Gasteiger partial charge on any atom is -0.394 e. The fourth-order valence-corrected chi connectivity index (χ4v) is 3.24. The second-order valence-corrected chi connectivity index (χ2v) is 6.01. The molecule has 1 fully saturated rings. The molecule has 8 nitrogen and oxygen atoms in total. The molecular weight excluding hydrogens is 361 g/mol. The van der Waals surface area contributed by atoms with Crippen LogP contribution in [0, 0.1) is 11.3 Å². The third-order valence-electron chi connectivity index (χ3n) is 3.70. The van der Waals surface area contributed by atoms with Gasteiger partial charge in [0, 0.05) is 0 Å². The van der Waals surface area contributed by atoms with Crippen LogP contribution in [0.15, 0.2) is 18.5 Å². The van der Waals surface area contributed by atoms with E-state index < -0.39 is 29.0 Å². The van der Waals surface area contributed by atoms with Crippen molar-refractivity contribution in [1.29, 1.82) is 5.26 Å². The van der Waals surface area contributed by atoms with Crippen LogP contribution in [0.4, 0.5) is 10.2 Å². The van der Waals surface area contributed by atoms with Gasteiger partial charge in [0.2, 0.25) is 10.2 Å². The van der Waals surface area contributed by atoms with Gasteiger partial charge < -0.3 is 20.7 Å². The molecule has 0 radical (unpaired) electrons. The van der Waals surface area contributed by atoms with E-state index in [1.54, 1.807) is 6.07 Å². The number of nitrogens with two attached hydrogens (primary N) is 1. The second kappa shape index (κ2) is 4.85. The highest BCUT2D eigenvalue weighted by atomic mass is 79.9. The van der Waals surface area contributed by atoms with Crippen molar-refractivity contribution >= 4 is 27.3 Å². The molecule has 0 amide bonds. The van der Waals surface area contributed by atoms with Crippen molar-refractivity contribution in [3.63, 3.8) is 0 Å². The van der Waals surface area contributed by atoms with Gasteiger partial charge in [-0.2, -0.15) is 10.4 Å². The number of anilines is 1. The van der Waals surface area contributed by atoms with Gasteiger partial charge in [0.05, 0.1) is 12.3 Å².